The second-order valence-corrected chi connectivity index (χ2v) is 10.4. The molecule has 7 nitrogen and oxygen atoms in total. The van der Waals surface area contributed by atoms with Crippen molar-refractivity contribution < 1.29 is 34.5 Å². The van der Waals surface area contributed by atoms with Crippen LogP contribution in [0.1, 0.15) is 69.4 Å². The van der Waals surface area contributed by atoms with Crippen LogP contribution in [0.3, 0.4) is 0 Å². The largest absolute Gasteiger partial charge is 0.481 e. The third-order valence-corrected chi connectivity index (χ3v) is 7.07. The summed E-state index contributed by atoms with van der Waals surface area (Å²) in [5.74, 6) is -4.55. The SMILES string of the molecule is CC(=O)SCC(CCCCCc1ccccc1)C(=O)O.O=C(O)C(CCCCCc1ccccc1)C(=O)O. The van der Waals surface area contributed by atoms with E-state index in [0.717, 1.165) is 56.7 Å². The van der Waals surface area contributed by atoms with Crippen LogP contribution in [0.2, 0.25) is 0 Å². The van der Waals surface area contributed by atoms with E-state index in [-0.39, 0.29) is 11.5 Å². The van der Waals surface area contributed by atoms with Crippen LogP contribution < -0.4 is 0 Å². The average molecular weight is 545 g/mol. The van der Waals surface area contributed by atoms with Gasteiger partial charge >= 0.3 is 17.9 Å². The Morgan fingerprint density at radius 3 is 1.47 bits per heavy atom. The Kier molecular flexibility index (Phi) is 17.2. The van der Waals surface area contributed by atoms with Crippen LogP contribution in [-0.4, -0.2) is 44.1 Å². The van der Waals surface area contributed by atoms with Gasteiger partial charge in [0.1, 0.15) is 0 Å². The van der Waals surface area contributed by atoms with Gasteiger partial charge in [0.2, 0.25) is 0 Å². The zero-order chi connectivity index (χ0) is 28.2. The Balaban J connectivity index is 0.000000382. The quantitative estimate of drug-likeness (QED) is 0.155. The molecule has 0 bridgehead atoms. The van der Waals surface area contributed by atoms with Gasteiger partial charge in [0.25, 0.3) is 0 Å². The van der Waals surface area contributed by atoms with E-state index in [1.54, 1.807) is 0 Å². The van der Waals surface area contributed by atoms with Crippen LogP contribution in [0.5, 0.6) is 0 Å². The molecule has 0 saturated carbocycles. The highest BCUT2D eigenvalue weighted by Crippen LogP contribution is 2.18. The Morgan fingerprint density at radius 1 is 0.632 bits per heavy atom. The highest BCUT2D eigenvalue weighted by Gasteiger charge is 2.24. The van der Waals surface area contributed by atoms with E-state index in [4.69, 9.17) is 15.3 Å². The van der Waals surface area contributed by atoms with Crippen molar-refractivity contribution in [2.45, 2.75) is 71.1 Å². The third kappa shape index (κ3) is 15.9. The summed E-state index contributed by atoms with van der Waals surface area (Å²) in [5.41, 5.74) is 2.58. The number of carboxylic acids is 3. The van der Waals surface area contributed by atoms with E-state index in [9.17, 15) is 19.2 Å². The molecule has 0 amide bonds. The molecule has 1 unspecified atom stereocenters. The topological polar surface area (TPSA) is 129 Å². The summed E-state index contributed by atoms with van der Waals surface area (Å²) in [4.78, 5) is 43.2. The third-order valence-electron chi connectivity index (χ3n) is 6.10. The highest BCUT2D eigenvalue weighted by molar-refractivity contribution is 8.13. The van der Waals surface area contributed by atoms with Crippen molar-refractivity contribution in [3.63, 3.8) is 0 Å². The van der Waals surface area contributed by atoms with Gasteiger partial charge in [-0.1, -0.05) is 98.1 Å². The second-order valence-electron chi connectivity index (χ2n) is 9.24. The minimum atomic E-state index is -1.26. The molecule has 0 radical (unpaired) electrons. The second kappa shape index (κ2) is 19.9. The molecular weight excluding hydrogens is 504 g/mol. The zero-order valence-electron chi connectivity index (χ0n) is 22.1. The Morgan fingerprint density at radius 2 is 1.08 bits per heavy atom. The predicted octanol–water partition coefficient (Wildman–Crippen LogP) is 6.34. The van der Waals surface area contributed by atoms with Gasteiger partial charge in [-0.15, -0.1) is 0 Å². The van der Waals surface area contributed by atoms with Crippen LogP contribution in [0, 0.1) is 11.8 Å². The molecular formula is C30H40O7S. The van der Waals surface area contributed by atoms with Gasteiger partial charge in [-0.2, -0.15) is 0 Å². The van der Waals surface area contributed by atoms with Crippen molar-refractivity contribution >= 4 is 34.8 Å². The average Bonchev–Trinajstić information content (AvgIpc) is 2.88. The number of hydrogen-bond acceptors (Lipinski definition) is 5. The molecule has 0 saturated heterocycles. The fourth-order valence-corrected chi connectivity index (χ4v) is 4.63. The van der Waals surface area contributed by atoms with Gasteiger partial charge in [-0.3, -0.25) is 19.2 Å². The van der Waals surface area contributed by atoms with Crippen LogP contribution in [0.25, 0.3) is 0 Å². The summed E-state index contributed by atoms with van der Waals surface area (Å²) >= 11 is 1.11. The molecule has 0 aliphatic heterocycles. The summed E-state index contributed by atoms with van der Waals surface area (Å²) in [6.45, 7) is 1.48. The molecule has 1 atom stereocenters. The van der Waals surface area contributed by atoms with Crippen molar-refractivity contribution in [1.29, 1.82) is 0 Å². The first-order valence-electron chi connectivity index (χ1n) is 13.1. The minimum Gasteiger partial charge on any atom is -0.481 e. The number of rotatable bonds is 17. The number of carbonyl (C=O) groups is 4. The highest BCUT2D eigenvalue weighted by atomic mass is 32.2. The number of aryl methyl sites for hydroxylation is 2. The fourth-order valence-electron chi connectivity index (χ4n) is 3.89. The van der Waals surface area contributed by atoms with Crippen molar-refractivity contribution in [3.8, 4) is 0 Å². The van der Waals surface area contributed by atoms with E-state index < -0.39 is 29.7 Å². The lowest BCUT2D eigenvalue weighted by atomic mass is 10.00. The van der Waals surface area contributed by atoms with E-state index in [1.165, 1.54) is 18.1 Å². The summed E-state index contributed by atoms with van der Waals surface area (Å²) in [6, 6.07) is 20.4. The lowest BCUT2D eigenvalue weighted by Crippen LogP contribution is -2.23. The Labute approximate surface area is 229 Å². The Bertz CT molecular complexity index is 949. The summed E-state index contributed by atoms with van der Waals surface area (Å²) in [5, 5.41) is 26.5. The number of benzene rings is 2. The molecule has 38 heavy (non-hydrogen) atoms. The molecule has 0 spiro atoms. The molecule has 0 aliphatic rings. The summed E-state index contributed by atoms with van der Waals surface area (Å²) in [7, 11) is 0. The molecule has 0 fully saturated rings. The lowest BCUT2D eigenvalue weighted by molar-refractivity contribution is -0.155. The maximum atomic E-state index is 11.1. The van der Waals surface area contributed by atoms with Crippen LogP contribution in [0.4, 0.5) is 0 Å². The summed E-state index contributed by atoms with van der Waals surface area (Å²) in [6.07, 6.45) is 8.32. The fraction of sp³-hybridized carbons (Fsp3) is 0.467. The lowest BCUT2D eigenvalue weighted by Gasteiger charge is -2.10. The normalized spacial score (nSPS) is 11.3. The molecule has 208 valence electrons. The molecule has 2 aromatic carbocycles. The maximum Gasteiger partial charge on any atom is 0.317 e. The van der Waals surface area contributed by atoms with E-state index >= 15 is 0 Å². The van der Waals surface area contributed by atoms with Crippen molar-refractivity contribution in [2.75, 3.05) is 5.75 Å². The predicted molar refractivity (Wildman–Crippen MR) is 150 cm³/mol. The number of aliphatic carboxylic acids is 3. The smallest absolute Gasteiger partial charge is 0.317 e. The monoisotopic (exact) mass is 544 g/mol. The van der Waals surface area contributed by atoms with Gasteiger partial charge in [0.05, 0.1) is 5.92 Å². The van der Waals surface area contributed by atoms with Crippen LogP contribution in [0.15, 0.2) is 60.7 Å². The van der Waals surface area contributed by atoms with E-state index in [1.807, 2.05) is 36.4 Å². The first-order chi connectivity index (χ1) is 18.2. The van der Waals surface area contributed by atoms with Gasteiger partial charge in [0.15, 0.2) is 11.0 Å². The zero-order valence-corrected chi connectivity index (χ0v) is 22.9. The van der Waals surface area contributed by atoms with Gasteiger partial charge in [-0.25, -0.2) is 0 Å². The molecule has 0 heterocycles. The van der Waals surface area contributed by atoms with Crippen LogP contribution >= 0.6 is 11.8 Å². The molecule has 3 N–H and O–H groups in total. The number of carboxylic acid groups (broad SMARTS) is 3. The molecule has 2 aromatic rings. The maximum absolute atomic E-state index is 11.1. The van der Waals surface area contributed by atoms with E-state index in [2.05, 4.69) is 24.3 Å². The van der Waals surface area contributed by atoms with E-state index in [0.29, 0.717) is 18.6 Å². The Hall–Kier alpha value is -3.13. The van der Waals surface area contributed by atoms with Crippen molar-refractivity contribution in [3.05, 3.63) is 71.8 Å². The van der Waals surface area contributed by atoms with Crippen molar-refractivity contribution in [1.82, 2.24) is 0 Å². The number of thioether (sulfide) groups is 1. The first-order valence-corrected chi connectivity index (χ1v) is 14.1. The summed E-state index contributed by atoms with van der Waals surface area (Å²) < 4.78 is 0. The first kappa shape index (κ1) is 32.9. The molecule has 0 aromatic heterocycles. The number of hydrogen-bond donors (Lipinski definition) is 3. The van der Waals surface area contributed by atoms with Gasteiger partial charge < -0.3 is 15.3 Å². The number of unbranched alkanes of at least 4 members (excludes halogenated alkanes) is 4. The van der Waals surface area contributed by atoms with Gasteiger partial charge in [0, 0.05) is 12.7 Å². The molecule has 0 aliphatic carbocycles. The van der Waals surface area contributed by atoms with Crippen molar-refractivity contribution in [2.24, 2.45) is 11.8 Å². The molecule has 8 heteroatoms. The number of carbonyl (C=O) groups excluding carboxylic acids is 1. The van der Waals surface area contributed by atoms with Gasteiger partial charge in [-0.05, 0) is 49.7 Å². The molecule has 2 rings (SSSR count). The standard InChI is InChI=1S/C16H22O3S.C14H18O4/c1-13(17)20-12-15(16(18)19)11-7-3-6-10-14-8-4-2-5-9-14;15-13(16)12(14(17)18)10-6-2-5-9-11-7-3-1-4-8-11/h2,4-5,8-9,15H,3,6-7,10-12H2,1H3,(H,18,19);1,3-4,7-8,12H,2,5-6,9-10H2,(H,15,16)(H,17,18). The minimum absolute atomic E-state index is 0.0136. The van der Waals surface area contributed by atoms with Crippen LogP contribution in [-0.2, 0) is 32.0 Å².